The SMILES string of the molecule is CCCC(C)C(=O)NCCC1CCCN1. The zero-order valence-corrected chi connectivity index (χ0v) is 10.0. The fourth-order valence-electron chi connectivity index (χ4n) is 2.11. The summed E-state index contributed by atoms with van der Waals surface area (Å²) >= 11 is 0. The lowest BCUT2D eigenvalue weighted by Crippen LogP contribution is -2.33. The van der Waals surface area contributed by atoms with Crippen molar-refractivity contribution >= 4 is 5.91 Å². The molecule has 2 N–H and O–H groups in total. The van der Waals surface area contributed by atoms with Crippen LogP contribution in [0.2, 0.25) is 0 Å². The molecule has 1 aliphatic rings. The maximum atomic E-state index is 11.6. The van der Waals surface area contributed by atoms with E-state index in [9.17, 15) is 4.79 Å². The molecule has 0 aromatic carbocycles. The molecule has 1 amide bonds. The van der Waals surface area contributed by atoms with E-state index in [1.165, 1.54) is 12.8 Å². The molecule has 0 aliphatic carbocycles. The van der Waals surface area contributed by atoms with Crippen LogP contribution in [0.25, 0.3) is 0 Å². The normalized spacial score (nSPS) is 22.7. The van der Waals surface area contributed by atoms with Crippen LogP contribution in [0.4, 0.5) is 0 Å². The molecule has 2 unspecified atom stereocenters. The van der Waals surface area contributed by atoms with Gasteiger partial charge in [0, 0.05) is 18.5 Å². The first-order chi connectivity index (χ1) is 7.24. The first-order valence-electron chi connectivity index (χ1n) is 6.25. The van der Waals surface area contributed by atoms with Gasteiger partial charge in [0.15, 0.2) is 0 Å². The maximum Gasteiger partial charge on any atom is 0.222 e. The third-order valence-corrected chi connectivity index (χ3v) is 3.12. The Bertz CT molecular complexity index is 188. The lowest BCUT2D eigenvalue weighted by atomic mass is 10.1. The number of nitrogens with one attached hydrogen (secondary N) is 2. The van der Waals surface area contributed by atoms with Gasteiger partial charge in [0.2, 0.25) is 5.91 Å². The molecular weight excluding hydrogens is 188 g/mol. The van der Waals surface area contributed by atoms with Gasteiger partial charge in [-0.1, -0.05) is 20.3 Å². The van der Waals surface area contributed by atoms with E-state index in [0.29, 0.717) is 6.04 Å². The zero-order chi connectivity index (χ0) is 11.1. The summed E-state index contributed by atoms with van der Waals surface area (Å²) in [6, 6.07) is 0.631. The van der Waals surface area contributed by atoms with Crippen LogP contribution in [0.1, 0.15) is 46.0 Å². The fraction of sp³-hybridized carbons (Fsp3) is 0.917. The Morgan fingerprint density at radius 3 is 3.00 bits per heavy atom. The molecule has 1 fully saturated rings. The molecule has 3 heteroatoms. The number of carbonyl (C=O) groups is 1. The van der Waals surface area contributed by atoms with Crippen LogP contribution in [0.5, 0.6) is 0 Å². The highest BCUT2D eigenvalue weighted by atomic mass is 16.1. The van der Waals surface area contributed by atoms with Crippen LogP contribution in [-0.2, 0) is 4.79 Å². The Balaban J connectivity index is 2.05. The van der Waals surface area contributed by atoms with Crippen molar-refractivity contribution in [2.75, 3.05) is 13.1 Å². The van der Waals surface area contributed by atoms with E-state index in [4.69, 9.17) is 0 Å². The maximum absolute atomic E-state index is 11.6. The lowest BCUT2D eigenvalue weighted by Gasteiger charge is -2.13. The van der Waals surface area contributed by atoms with E-state index in [1.807, 2.05) is 6.92 Å². The Labute approximate surface area is 93.0 Å². The molecule has 0 aromatic heterocycles. The van der Waals surface area contributed by atoms with Gasteiger partial charge in [-0.05, 0) is 32.2 Å². The Hall–Kier alpha value is -0.570. The molecule has 3 nitrogen and oxygen atoms in total. The molecule has 0 bridgehead atoms. The molecule has 1 rings (SSSR count). The second-order valence-electron chi connectivity index (χ2n) is 4.56. The zero-order valence-electron chi connectivity index (χ0n) is 10.0. The summed E-state index contributed by atoms with van der Waals surface area (Å²) in [6.45, 7) is 6.09. The average Bonchev–Trinajstić information content (AvgIpc) is 2.71. The number of carbonyl (C=O) groups excluding carboxylic acids is 1. The topological polar surface area (TPSA) is 41.1 Å². The summed E-state index contributed by atoms with van der Waals surface area (Å²) in [5.41, 5.74) is 0. The Kier molecular flexibility index (Phi) is 5.69. The largest absolute Gasteiger partial charge is 0.356 e. The minimum absolute atomic E-state index is 0.173. The van der Waals surface area contributed by atoms with E-state index in [2.05, 4.69) is 17.6 Å². The molecule has 0 aromatic rings. The summed E-state index contributed by atoms with van der Waals surface area (Å²) < 4.78 is 0. The van der Waals surface area contributed by atoms with Crippen LogP contribution >= 0.6 is 0 Å². The quantitative estimate of drug-likeness (QED) is 0.703. The van der Waals surface area contributed by atoms with Crippen molar-refractivity contribution in [3.63, 3.8) is 0 Å². The van der Waals surface area contributed by atoms with Crippen molar-refractivity contribution in [2.45, 2.75) is 52.0 Å². The second kappa shape index (κ2) is 6.83. The second-order valence-corrected chi connectivity index (χ2v) is 4.56. The minimum atomic E-state index is 0.173. The monoisotopic (exact) mass is 212 g/mol. The summed E-state index contributed by atoms with van der Waals surface area (Å²) in [6.07, 6.45) is 5.70. The predicted molar refractivity (Wildman–Crippen MR) is 62.7 cm³/mol. The van der Waals surface area contributed by atoms with Crippen LogP contribution in [0, 0.1) is 5.92 Å². The summed E-state index contributed by atoms with van der Waals surface area (Å²) in [5.74, 6) is 0.390. The predicted octanol–water partition coefficient (Wildman–Crippen LogP) is 1.68. The van der Waals surface area contributed by atoms with Crippen LogP contribution < -0.4 is 10.6 Å². The first kappa shape index (κ1) is 12.5. The smallest absolute Gasteiger partial charge is 0.222 e. The molecule has 0 spiro atoms. The van der Waals surface area contributed by atoms with E-state index in [-0.39, 0.29) is 11.8 Å². The van der Waals surface area contributed by atoms with E-state index in [0.717, 1.165) is 32.4 Å². The highest BCUT2D eigenvalue weighted by molar-refractivity contribution is 5.78. The standard InChI is InChI=1S/C12H24N2O/c1-3-5-10(2)12(15)14-9-7-11-6-4-8-13-11/h10-11,13H,3-9H2,1-2H3,(H,14,15). The van der Waals surface area contributed by atoms with Crippen molar-refractivity contribution in [2.24, 2.45) is 5.92 Å². The number of hydrogen-bond donors (Lipinski definition) is 2. The highest BCUT2D eigenvalue weighted by Crippen LogP contribution is 2.08. The van der Waals surface area contributed by atoms with Crippen molar-refractivity contribution in [3.8, 4) is 0 Å². The van der Waals surface area contributed by atoms with Gasteiger partial charge in [0.25, 0.3) is 0 Å². The van der Waals surface area contributed by atoms with Gasteiger partial charge in [-0.25, -0.2) is 0 Å². The highest BCUT2D eigenvalue weighted by Gasteiger charge is 2.15. The molecule has 88 valence electrons. The third-order valence-electron chi connectivity index (χ3n) is 3.12. The first-order valence-corrected chi connectivity index (χ1v) is 6.25. The van der Waals surface area contributed by atoms with Crippen LogP contribution in [-0.4, -0.2) is 25.0 Å². The Morgan fingerprint density at radius 2 is 2.40 bits per heavy atom. The molecule has 0 saturated carbocycles. The van der Waals surface area contributed by atoms with Crippen molar-refractivity contribution in [1.82, 2.24) is 10.6 Å². The van der Waals surface area contributed by atoms with Crippen LogP contribution in [0.3, 0.4) is 0 Å². The van der Waals surface area contributed by atoms with E-state index < -0.39 is 0 Å². The number of amides is 1. The Morgan fingerprint density at radius 1 is 1.60 bits per heavy atom. The van der Waals surface area contributed by atoms with Gasteiger partial charge in [0.1, 0.15) is 0 Å². The third kappa shape index (κ3) is 4.65. The molecule has 1 aliphatic heterocycles. The molecular formula is C12H24N2O. The van der Waals surface area contributed by atoms with E-state index in [1.54, 1.807) is 0 Å². The number of hydrogen-bond acceptors (Lipinski definition) is 2. The van der Waals surface area contributed by atoms with Gasteiger partial charge in [-0.2, -0.15) is 0 Å². The van der Waals surface area contributed by atoms with Crippen molar-refractivity contribution < 1.29 is 4.79 Å². The summed E-state index contributed by atoms with van der Waals surface area (Å²) in [5, 5.41) is 6.45. The fourth-order valence-corrected chi connectivity index (χ4v) is 2.11. The summed E-state index contributed by atoms with van der Waals surface area (Å²) in [4.78, 5) is 11.6. The van der Waals surface area contributed by atoms with Gasteiger partial charge in [-0.15, -0.1) is 0 Å². The van der Waals surface area contributed by atoms with Crippen LogP contribution in [0.15, 0.2) is 0 Å². The molecule has 15 heavy (non-hydrogen) atoms. The molecule has 2 atom stereocenters. The summed E-state index contributed by atoms with van der Waals surface area (Å²) in [7, 11) is 0. The van der Waals surface area contributed by atoms with Gasteiger partial charge in [0.05, 0.1) is 0 Å². The lowest BCUT2D eigenvalue weighted by molar-refractivity contribution is -0.124. The molecule has 1 heterocycles. The molecule has 1 saturated heterocycles. The van der Waals surface area contributed by atoms with Crippen molar-refractivity contribution in [1.29, 1.82) is 0 Å². The minimum Gasteiger partial charge on any atom is -0.356 e. The molecule has 0 radical (unpaired) electrons. The average molecular weight is 212 g/mol. The van der Waals surface area contributed by atoms with Gasteiger partial charge in [-0.3, -0.25) is 4.79 Å². The van der Waals surface area contributed by atoms with Gasteiger partial charge >= 0.3 is 0 Å². The number of rotatable bonds is 6. The van der Waals surface area contributed by atoms with Crippen molar-refractivity contribution in [3.05, 3.63) is 0 Å². The van der Waals surface area contributed by atoms with Gasteiger partial charge < -0.3 is 10.6 Å². The van der Waals surface area contributed by atoms with E-state index >= 15 is 0 Å².